The second-order valence-electron chi connectivity index (χ2n) is 6.18. The Morgan fingerprint density at radius 2 is 1.69 bits per heavy atom. The molecule has 184 valence electrons. The summed E-state index contributed by atoms with van der Waals surface area (Å²) in [4.78, 5) is 25.6. The van der Waals surface area contributed by atoms with Gasteiger partial charge in [0.05, 0.1) is 5.56 Å². The molecule has 1 N–H and O–H groups in total. The molecule has 0 unspecified atom stereocenters. The minimum Gasteiger partial charge on any atom is -0.459 e. The normalized spacial score (nSPS) is 14.1. The summed E-state index contributed by atoms with van der Waals surface area (Å²) in [6.45, 7) is 24.0. The molecule has 1 saturated heterocycles. The van der Waals surface area contributed by atoms with Crippen molar-refractivity contribution in [3.8, 4) is 0 Å². The van der Waals surface area contributed by atoms with E-state index in [0.29, 0.717) is 41.7 Å². The van der Waals surface area contributed by atoms with Crippen molar-refractivity contribution in [3.63, 3.8) is 0 Å². The van der Waals surface area contributed by atoms with Crippen LogP contribution in [0.4, 0.5) is 0 Å². The van der Waals surface area contributed by atoms with Crippen molar-refractivity contribution in [1.29, 1.82) is 0 Å². The Morgan fingerprint density at radius 1 is 1.12 bits per heavy atom. The van der Waals surface area contributed by atoms with Crippen molar-refractivity contribution in [1.82, 2.24) is 15.1 Å². The summed E-state index contributed by atoms with van der Waals surface area (Å²) in [5, 5.41) is 2.81. The van der Waals surface area contributed by atoms with E-state index in [9.17, 15) is 4.79 Å². The lowest BCUT2D eigenvalue weighted by atomic mass is 10.1. The molecule has 1 fully saturated rings. The van der Waals surface area contributed by atoms with E-state index in [0.717, 1.165) is 26.2 Å². The molecule has 0 radical (unpaired) electrons. The number of hydrogen-bond acceptors (Lipinski definition) is 4. The summed E-state index contributed by atoms with van der Waals surface area (Å²) in [5.74, 6) is 1.71. The summed E-state index contributed by atoms with van der Waals surface area (Å²) in [6.07, 6.45) is 2.27. The predicted octanol–water partition coefficient (Wildman–Crippen LogP) is 4.88. The predicted molar refractivity (Wildman–Crippen MR) is 139 cm³/mol. The average molecular weight is 450 g/mol. The lowest BCUT2D eigenvalue weighted by molar-refractivity contribution is 0.0954. The van der Waals surface area contributed by atoms with Crippen LogP contribution in [0.5, 0.6) is 0 Å². The number of aryl methyl sites for hydroxylation is 1. The first-order chi connectivity index (χ1) is 15.5. The number of furan rings is 1. The summed E-state index contributed by atoms with van der Waals surface area (Å²) in [6, 6.07) is 1.74. The number of carbonyl (C=O) groups excluding carboxylic acids is 1. The summed E-state index contributed by atoms with van der Waals surface area (Å²) < 4.78 is 5.89. The molecule has 0 bridgehead atoms. The van der Waals surface area contributed by atoms with E-state index in [4.69, 9.17) is 4.42 Å². The van der Waals surface area contributed by atoms with Gasteiger partial charge in [-0.25, -0.2) is 4.99 Å². The molecule has 0 atom stereocenters. The second-order valence-corrected chi connectivity index (χ2v) is 6.18. The van der Waals surface area contributed by atoms with Gasteiger partial charge in [-0.2, -0.15) is 0 Å². The van der Waals surface area contributed by atoms with E-state index in [1.54, 1.807) is 19.2 Å². The molecule has 0 saturated carbocycles. The number of amides is 1. The van der Waals surface area contributed by atoms with Gasteiger partial charge in [0.1, 0.15) is 11.5 Å². The zero-order chi connectivity index (χ0) is 25.1. The molecule has 7 heteroatoms. The number of rotatable bonds is 5. The molecule has 32 heavy (non-hydrogen) atoms. The lowest BCUT2D eigenvalue weighted by Gasteiger charge is -2.33. The van der Waals surface area contributed by atoms with Gasteiger partial charge in [0.25, 0.3) is 5.91 Å². The number of aliphatic imine (C=N–C) groups is 2. The molecule has 0 aromatic carbocycles. The fraction of sp³-hybridized carbons (Fsp3) is 0.640. The van der Waals surface area contributed by atoms with Gasteiger partial charge < -0.3 is 19.5 Å². The molecular formula is C25H47N5O2. The van der Waals surface area contributed by atoms with Gasteiger partial charge in [0.15, 0.2) is 5.76 Å². The van der Waals surface area contributed by atoms with Crippen LogP contribution in [0.25, 0.3) is 0 Å². The first-order valence-electron chi connectivity index (χ1n) is 12.1. The van der Waals surface area contributed by atoms with Crippen LogP contribution < -0.4 is 5.32 Å². The fourth-order valence-corrected chi connectivity index (χ4v) is 2.84. The van der Waals surface area contributed by atoms with Gasteiger partial charge in [-0.1, -0.05) is 55.0 Å². The van der Waals surface area contributed by atoms with Gasteiger partial charge in [0.2, 0.25) is 5.96 Å². The smallest absolute Gasteiger partial charge is 0.254 e. The highest BCUT2D eigenvalue weighted by Gasteiger charge is 2.20. The number of carbonyl (C=O) groups is 1. The maximum Gasteiger partial charge on any atom is 0.254 e. The zero-order valence-electron chi connectivity index (χ0n) is 22.2. The van der Waals surface area contributed by atoms with Gasteiger partial charge in [-0.3, -0.25) is 9.79 Å². The van der Waals surface area contributed by atoms with E-state index in [-0.39, 0.29) is 5.91 Å². The van der Waals surface area contributed by atoms with E-state index in [1.165, 1.54) is 0 Å². The summed E-state index contributed by atoms with van der Waals surface area (Å²) in [5.41, 5.74) is 1.13. The van der Waals surface area contributed by atoms with Crippen LogP contribution in [-0.4, -0.2) is 74.2 Å². The van der Waals surface area contributed by atoms with Crippen molar-refractivity contribution in [2.24, 2.45) is 9.98 Å². The Morgan fingerprint density at radius 3 is 2.12 bits per heavy atom. The standard InChI is InChI=1S/C19H29N5O2.3C2H6/c1-6-15(22-19(20-4)24-11-9-23(5)10-12-24)17-13-14(16(7-2)26-17)18(25)21-8-3;3*1-2/h6,13H,1,7-12H2,2-5H3,(H,21,25);3*1-2H3/b20-19?,22-15+;;;. The van der Waals surface area contributed by atoms with Crippen molar-refractivity contribution >= 4 is 17.6 Å². The topological polar surface area (TPSA) is 73.4 Å². The molecule has 0 aliphatic carbocycles. The van der Waals surface area contributed by atoms with Crippen molar-refractivity contribution in [2.75, 3.05) is 46.8 Å². The molecule has 0 spiro atoms. The van der Waals surface area contributed by atoms with Crippen molar-refractivity contribution < 1.29 is 9.21 Å². The first kappa shape index (κ1) is 31.8. The van der Waals surface area contributed by atoms with E-state index in [1.807, 2.05) is 55.4 Å². The zero-order valence-corrected chi connectivity index (χ0v) is 22.2. The highest BCUT2D eigenvalue weighted by atomic mass is 16.3. The fourth-order valence-electron chi connectivity index (χ4n) is 2.84. The van der Waals surface area contributed by atoms with Crippen LogP contribution in [0, 0.1) is 0 Å². The minimum atomic E-state index is -0.133. The Kier molecular flexibility index (Phi) is 19.2. The number of likely N-dealkylation sites (N-methyl/N-ethyl adjacent to an activating group) is 1. The van der Waals surface area contributed by atoms with Crippen molar-refractivity contribution in [2.45, 2.75) is 61.8 Å². The number of hydrogen-bond donors (Lipinski definition) is 1. The maximum absolute atomic E-state index is 12.2. The van der Waals surface area contributed by atoms with Crippen LogP contribution in [0.1, 0.15) is 77.3 Å². The number of piperazine rings is 1. The highest BCUT2D eigenvalue weighted by Crippen LogP contribution is 2.18. The lowest BCUT2D eigenvalue weighted by Crippen LogP contribution is -2.46. The highest BCUT2D eigenvalue weighted by molar-refractivity contribution is 6.12. The van der Waals surface area contributed by atoms with Gasteiger partial charge in [-0.15, -0.1) is 0 Å². The molecule has 1 aromatic heterocycles. The molecule has 2 heterocycles. The maximum atomic E-state index is 12.2. The summed E-state index contributed by atoms with van der Waals surface area (Å²) in [7, 11) is 3.84. The third kappa shape index (κ3) is 9.81. The third-order valence-electron chi connectivity index (χ3n) is 4.36. The molecule has 2 rings (SSSR count). The Hall–Kier alpha value is -2.41. The molecule has 1 amide bonds. The molecule has 1 aliphatic heterocycles. The van der Waals surface area contributed by atoms with Gasteiger partial charge >= 0.3 is 0 Å². The van der Waals surface area contributed by atoms with Crippen LogP contribution in [-0.2, 0) is 6.42 Å². The second kappa shape index (κ2) is 19.3. The Balaban J connectivity index is 0. The quantitative estimate of drug-likeness (QED) is 0.514. The molecule has 1 aliphatic rings. The van der Waals surface area contributed by atoms with Gasteiger partial charge in [-0.05, 0) is 26.1 Å². The third-order valence-corrected chi connectivity index (χ3v) is 4.36. The van der Waals surface area contributed by atoms with Crippen LogP contribution in [0.2, 0.25) is 0 Å². The van der Waals surface area contributed by atoms with Crippen LogP contribution >= 0.6 is 0 Å². The number of nitrogens with zero attached hydrogens (tertiary/aromatic N) is 4. The van der Waals surface area contributed by atoms with E-state index >= 15 is 0 Å². The van der Waals surface area contributed by atoms with Crippen LogP contribution in [0.3, 0.4) is 0 Å². The largest absolute Gasteiger partial charge is 0.459 e. The SMILES string of the molecule is C=C/C(=N\C(=NC)N1CCN(C)CC1)c1cc(C(=O)NCC)c(CC)o1.CC.CC.CC. The number of guanidine groups is 1. The van der Waals surface area contributed by atoms with Crippen LogP contribution in [0.15, 0.2) is 33.1 Å². The molecular weight excluding hydrogens is 402 g/mol. The average Bonchev–Trinajstić information content (AvgIpc) is 3.29. The van der Waals surface area contributed by atoms with E-state index in [2.05, 4.69) is 38.7 Å². The van der Waals surface area contributed by atoms with Crippen molar-refractivity contribution in [3.05, 3.63) is 35.8 Å². The monoisotopic (exact) mass is 449 g/mol. The number of nitrogens with one attached hydrogen (secondary N) is 1. The first-order valence-corrected chi connectivity index (χ1v) is 12.1. The minimum absolute atomic E-state index is 0.133. The van der Waals surface area contributed by atoms with Gasteiger partial charge in [0, 0.05) is 46.2 Å². The number of allylic oxidation sites excluding steroid dienone is 1. The molecule has 7 nitrogen and oxygen atoms in total. The Bertz CT molecular complexity index is 699. The summed E-state index contributed by atoms with van der Waals surface area (Å²) >= 11 is 0. The Labute approximate surface area is 196 Å². The molecule has 1 aromatic rings. The van der Waals surface area contributed by atoms with E-state index < -0.39 is 0 Å².